The van der Waals surface area contributed by atoms with Gasteiger partial charge in [-0.05, 0) is 18.2 Å². The highest BCUT2D eigenvalue weighted by Gasteiger charge is 2.20. The van der Waals surface area contributed by atoms with Crippen LogP contribution >= 0.6 is 0 Å². The largest absolute Gasteiger partial charge is 0.474 e. The van der Waals surface area contributed by atoms with E-state index in [9.17, 15) is 0 Å². The van der Waals surface area contributed by atoms with Crippen molar-refractivity contribution in [3.63, 3.8) is 0 Å². The molecule has 1 fully saturated rings. The number of aromatic nitrogens is 5. The molecule has 1 aliphatic rings. The summed E-state index contributed by atoms with van der Waals surface area (Å²) in [4.78, 5) is 4.47. The van der Waals surface area contributed by atoms with Gasteiger partial charge in [0, 0.05) is 30.0 Å². The third-order valence-corrected chi connectivity index (χ3v) is 4.60. The van der Waals surface area contributed by atoms with Crippen LogP contribution in [0.3, 0.4) is 0 Å². The highest BCUT2D eigenvalue weighted by molar-refractivity contribution is 5.98. The van der Waals surface area contributed by atoms with Gasteiger partial charge in [0.15, 0.2) is 0 Å². The van der Waals surface area contributed by atoms with E-state index in [1.165, 1.54) is 0 Å². The van der Waals surface area contributed by atoms with Crippen molar-refractivity contribution in [2.24, 2.45) is 0 Å². The summed E-state index contributed by atoms with van der Waals surface area (Å²) >= 11 is 0. The molecule has 1 aliphatic heterocycles. The average molecular weight is 335 g/mol. The van der Waals surface area contributed by atoms with E-state index in [4.69, 9.17) is 9.47 Å². The number of H-pyrrole nitrogens is 2. The van der Waals surface area contributed by atoms with Crippen LogP contribution in [-0.4, -0.2) is 44.7 Å². The molecule has 0 bridgehead atoms. The van der Waals surface area contributed by atoms with Crippen LogP contribution < -0.4 is 4.74 Å². The summed E-state index contributed by atoms with van der Waals surface area (Å²) < 4.78 is 11.6. The molecule has 0 saturated carbocycles. The van der Waals surface area contributed by atoms with Gasteiger partial charge in [0.2, 0.25) is 5.88 Å². The van der Waals surface area contributed by atoms with E-state index in [2.05, 4.69) is 31.4 Å². The molecular weight excluding hydrogens is 318 g/mol. The maximum atomic E-state index is 6.19. The minimum absolute atomic E-state index is 0.131. The SMILES string of the molecule is c1cc2[nH]nc(-c3ccc4[nH]ncc4c3)c2c(OC2CCOCC2)n1. The predicted octanol–water partition coefficient (Wildman–Crippen LogP) is 3.06. The number of nitrogens with one attached hydrogen (secondary N) is 2. The fraction of sp³-hybridized carbons (Fsp3) is 0.278. The van der Waals surface area contributed by atoms with Crippen molar-refractivity contribution >= 4 is 21.8 Å². The van der Waals surface area contributed by atoms with Gasteiger partial charge in [0.05, 0.1) is 35.8 Å². The Bertz CT molecular complexity index is 1030. The summed E-state index contributed by atoms with van der Waals surface area (Å²) in [5.74, 6) is 0.625. The average Bonchev–Trinajstić information content (AvgIpc) is 3.29. The summed E-state index contributed by atoms with van der Waals surface area (Å²) in [6, 6.07) is 8.02. The lowest BCUT2D eigenvalue weighted by atomic mass is 10.1. The Morgan fingerprint density at radius 1 is 1.08 bits per heavy atom. The number of rotatable bonds is 3. The van der Waals surface area contributed by atoms with Gasteiger partial charge in [0.25, 0.3) is 0 Å². The second-order valence-corrected chi connectivity index (χ2v) is 6.21. The summed E-state index contributed by atoms with van der Waals surface area (Å²) in [5, 5.41) is 16.6. The fourth-order valence-electron chi connectivity index (χ4n) is 3.28. The molecule has 0 atom stereocenters. The third-order valence-electron chi connectivity index (χ3n) is 4.60. The van der Waals surface area contributed by atoms with Crippen molar-refractivity contribution in [1.29, 1.82) is 0 Å². The number of nitrogens with zero attached hydrogens (tertiary/aromatic N) is 3. The molecule has 3 aromatic heterocycles. The zero-order valence-electron chi connectivity index (χ0n) is 13.5. The molecule has 25 heavy (non-hydrogen) atoms. The van der Waals surface area contributed by atoms with Gasteiger partial charge in [-0.15, -0.1) is 0 Å². The Morgan fingerprint density at radius 2 is 2.00 bits per heavy atom. The van der Waals surface area contributed by atoms with Gasteiger partial charge in [-0.3, -0.25) is 10.2 Å². The van der Waals surface area contributed by atoms with Gasteiger partial charge in [-0.1, -0.05) is 6.07 Å². The van der Waals surface area contributed by atoms with Gasteiger partial charge >= 0.3 is 0 Å². The molecule has 0 aliphatic carbocycles. The number of ether oxygens (including phenoxy) is 2. The van der Waals surface area contributed by atoms with E-state index >= 15 is 0 Å². The first kappa shape index (κ1) is 14.4. The maximum absolute atomic E-state index is 6.19. The first-order valence-electron chi connectivity index (χ1n) is 8.39. The van der Waals surface area contributed by atoms with E-state index in [-0.39, 0.29) is 6.10 Å². The number of pyridine rings is 1. The molecular formula is C18H17N5O2. The third kappa shape index (κ3) is 2.53. The summed E-state index contributed by atoms with van der Waals surface area (Å²) in [6.45, 7) is 1.46. The van der Waals surface area contributed by atoms with Crippen molar-refractivity contribution in [3.05, 3.63) is 36.7 Å². The molecule has 0 amide bonds. The monoisotopic (exact) mass is 335 g/mol. The first-order valence-corrected chi connectivity index (χ1v) is 8.39. The molecule has 1 saturated heterocycles. The summed E-state index contributed by atoms with van der Waals surface area (Å²) in [5.41, 5.74) is 3.76. The lowest BCUT2D eigenvalue weighted by molar-refractivity contribution is 0.0244. The molecule has 126 valence electrons. The van der Waals surface area contributed by atoms with Crippen molar-refractivity contribution in [2.75, 3.05) is 13.2 Å². The Balaban J connectivity index is 1.60. The Hall–Kier alpha value is -2.93. The molecule has 5 rings (SSSR count). The first-order chi connectivity index (χ1) is 12.4. The smallest absolute Gasteiger partial charge is 0.225 e. The van der Waals surface area contributed by atoms with Crippen LogP contribution in [0.2, 0.25) is 0 Å². The van der Waals surface area contributed by atoms with E-state index in [0.29, 0.717) is 5.88 Å². The van der Waals surface area contributed by atoms with Gasteiger partial charge in [-0.25, -0.2) is 4.98 Å². The second-order valence-electron chi connectivity index (χ2n) is 6.21. The van der Waals surface area contributed by atoms with Crippen molar-refractivity contribution in [2.45, 2.75) is 18.9 Å². The molecule has 1 aromatic carbocycles. The molecule has 7 nitrogen and oxygen atoms in total. The summed E-state index contributed by atoms with van der Waals surface area (Å²) in [7, 11) is 0. The van der Waals surface area contributed by atoms with Crippen LogP contribution in [0, 0.1) is 0 Å². The molecule has 7 heteroatoms. The zero-order chi connectivity index (χ0) is 16.6. The van der Waals surface area contributed by atoms with Crippen LogP contribution in [0.5, 0.6) is 5.88 Å². The number of aromatic amines is 2. The van der Waals surface area contributed by atoms with Crippen LogP contribution in [0.25, 0.3) is 33.1 Å². The normalized spacial score (nSPS) is 15.8. The number of hydrogen-bond acceptors (Lipinski definition) is 5. The molecule has 4 heterocycles. The van der Waals surface area contributed by atoms with E-state index in [0.717, 1.165) is 59.1 Å². The molecule has 4 aromatic rings. The predicted molar refractivity (Wildman–Crippen MR) is 93.4 cm³/mol. The second kappa shape index (κ2) is 5.86. The van der Waals surface area contributed by atoms with E-state index in [1.54, 1.807) is 6.20 Å². The fourth-order valence-corrected chi connectivity index (χ4v) is 3.28. The minimum Gasteiger partial charge on any atom is -0.474 e. The minimum atomic E-state index is 0.131. The number of hydrogen-bond donors (Lipinski definition) is 2. The van der Waals surface area contributed by atoms with Crippen molar-refractivity contribution < 1.29 is 9.47 Å². The maximum Gasteiger partial charge on any atom is 0.225 e. The van der Waals surface area contributed by atoms with E-state index in [1.807, 2.05) is 24.4 Å². The lowest BCUT2D eigenvalue weighted by Crippen LogP contribution is -2.26. The van der Waals surface area contributed by atoms with Gasteiger partial charge in [-0.2, -0.15) is 10.2 Å². The summed E-state index contributed by atoms with van der Waals surface area (Å²) in [6.07, 6.45) is 5.45. The van der Waals surface area contributed by atoms with Crippen molar-refractivity contribution in [1.82, 2.24) is 25.4 Å². The van der Waals surface area contributed by atoms with Crippen LogP contribution in [-0.2, 0) is 4.74 Å². The number of benzene rings is 1. The van der Waals surface area contributed by atoms with Gasteiger partial charge < -0.3 is 9.47 Å². The van der Waals surface area contributed by atoms with Crippen LogP contribution in [0.15, 0.2) is 36.7 Å². The molecule has 0 unspecified atom stereocenters. The molecule has 2 N–H and O–H groups in total. The van der Waals surface area contributed by atoms with Crippen LogP contribution in [0.1, 0.15) is 12.8 Å². The Morgan fingerprint density at radius 3 is 2.92 bits per heavy atom. The highest BCUT2D eigenvalue weighted by Crippen LogP contribution is 2.34. The van der Waals surface area contributed by atoms with Crippen LogP contribution in [0.4, 0.5) is 0 Å². The van der Waals surface area contributed by atoms with E-state index < -0.39 is 0 Å². The van der Waals surface area contributed by atoms with Crippen molar-refractivity contribution in [3.8, 4) is 17.1 Å². The standard InChI is InChI=1S/C18H17N5O2/c1-2-14-12(10-20-21-14)9-11(1)17-16-15(22-23-17)3-6-19-18(16)25-13-4-7-24-8-5-13/h1-3,6,9-10,13H,4-5,7-8H2,(H,20,21)(H,22,23). The zero-order valence-corrected chi connectivity index (χ0v) is 13.5. The quantitative estimate of drug-likeness (QED) is 0.601. The highest BCUT2D eigenvalue weighted by atomic mass is 16.5. The topological polar surface area (TPSA) is 88.7 Å². The Labute approximate surface area is 143 Å². The lowest BCUT2D eigenvalue weighted by Gasteiger charge is -2.23. The molecule has 0 radical (unpaired) electrons. The Kier molecular flexibility index (Phi) is 3.38. The molecule has 0 spiro atoms. The number of fused-ring (bicyclic) bond motifs is 2. The van der Waals surface area contributed by atoms with Gasteiger partial charge in [0.1, 0.15) is 11.8 Å².